The molecule has 0 spiro atoms. The van der Waals surface area contributed by atoms with Crippen molar-refractivity contribution in [2.45, 2.75) is 45.9 Å². The van der Waals surface area contributed by atoms with Crippen LogP contribution >= 0.6 is 15.9 Å². The Kier molecular flexibility index (Phi) is 4.36. The molecule has 3 nitrogen and oxygen atoms in total. The van der Waals surface area contributed by atoms with Crippen LogP contribution in [0.15, 0.2) is 33.2 Å². The minimum atomic E-state index is 0.464. The fraction of sp³-hybridized carbons (Fsp3) is 0.412. The molecule has 2 aromatic rings. The van der Waals surface area contributed by atoms with Crippen molar-refractivity contribution in [3.63, 3.8) is 0 Å². The molecule has 0 saturated heterocycles. The third kappa shape index (κ3) is 3.89. The van der Waals surface area contributed by atoms with E-state index in [4.69, 9.17) is 9.15 Å². The Bertz CT molecular complexity index is 632. The molecule has 0 radical (unpaired) electrons. The van der Waals surface area contributed by atoms with Crippen LogP contribution in [0.1, 0.15) is 35.5 Å². The molecular weight excluding hydrogens is 330 g/mol. The summed E-state index contributed by atoms with van der Waals surface area (Å²) in [6.45, 7) is 5.41. The van der Waals surface area contributed by atoms with E-state index < -0.39 is 0 Å². The Morgan fingerprint density at radius 1 is 1.24 bits per heavy atom. The number of rotatable bonds is 6. The monoisotopic (exact) mass is 349 g/mol. The lowest BCUT2D eigenvalue weighted by atomic mass is 10.2. The largest absolute Gasteiger partial charge is 0.486 e. The molecule has 1 aromatic carbocycles. The highest BCUT2D eigenvalue weighted by Gasteiger charge is 2.21. The van der Waals surface area contributed by atoms with Crippen LogP contribution in [0.3, 0.4) is 0 Å². The molecule has 1 aliphatic rings. The summed E-state index contributed by atoms with van der Waals surface area (Å²) >= 11 is 3.49. The first-order valence-electron chi connectivity index (χ1n) is 7.32. The number of benzene rings is 1. The molecule has 0 atom stereocenters. The van der Waals surface area contributed by atoms with Gasteiger partial charge in [0.15, 0.2) is 0 Å². The molecule has 3 rings (SSSR count). The third-order valence-corrected chi connectivity index (χ3v) is 4.60. The summed E-state index contributed by atoms with van der Waals surface area (Å²) in [6, 6.07) is 8.75. The standard InChI is InChI=1S/C17H20BrNO2/c1-11-7-14(5-6-16(11)18)20-10-15-8-12(2)17(21-15)9-19-13-3-4-13/h5-8,13,19H,3-4,9-10H2,1-2H3. The van der Waals surface area contributed by atoms with E-state index in [0.717, 1.165) is 33.9 Å². The number of nitrogens with one attached hydrogen (secondary N) is 1. The van der Waals surface area contributed by atoms with Gasteiger partial charge < -0.3 is 14.5 Å². The molecule has 1 heterocycles. The van der Waals surface area contributed by atoms with Crippen molar-refractivity contribution < 1.29 is 9.15 Å². The second kappa shape index (κ2) is 6.24. The van der Waals surface area contributed by atoms with Crippen molar-refractivity contribution in [2.24, 2.45) is 0 Å². The van der Waals surface area contributed by atoms with Crippen molar-refractivity contribution >= 4 is 15.9 Å². The third-order valence-electron chi connectivity index (χ3n) is 3.71. The fourth-order valence-electron chi connectivity index (χ4n) is 2.22. The van der Waals surface area contributed by atoms with Crippen LogP contribution in [0.5, 0.6) is 5.75 Å². The smallest absolute Gasteiger partial charge is 0.146 e. The van der Waals surface area contributed by atoms with Crippen LogP contribution in [0, 0.1) is 13.8 Å². The van der Waals surface area contributed by atoms with Gasteiger partial charge in [-0.3, -0.25) is 0 Å². The van der Waals surface area contributed by atoms with Gasteiger partial charge in [0, 0.05) is 10.5 Å². The number of hydrogen-bond donors (Lipinski definition) is 1. The highest BCUT2D eigenvalue weighted by molar-refractivity contribution is 9.10. The average molecular weight is 350 g/mol. The van der Waals surface area contributed by atoms with E-state index in [1.807, 2.05) is 18.2 Å². The van der Waals surface area contributed by atoms with E-state index in [0.29, 0.717) is 12.6 Å². The van der Waals surface area contributed by atoms with Crippen LogP contribution in [0.4, 0.5) is 0 Å². The van der Waals surface area contributed by atoms with Crippen molar-refractivity contribution in [3.05, 3.63) is 51.4 Å². The number of ether oxygens (including phenoxy) is 1. The summed E-state index contributed by atoms with van der Waals surface area (Å²) in [4.78, 5) is 0. The van der Waals surface area contributed by atoms with Gasteiger partial charge in [0.25, 0.3) is 0 Å². The SMILES string of the molecule is Cc1cc(OCc2cc(C)c(CNC3CC3)o2)ccc1Br. The predicted molar refractivity (Wildman–Crippen MR) is 86.5 cm³/mol. The highest BCUT2D eigenvalue weighted by atomic mass is 79.9. The zero-order valence-corrected chi connectivity index (χ0v) is 14.0. The summed E-state index contributed by atoms with van der Waals surface area (Å²) < 4.78 is 12.8. The van der Waals surface area contributed by atoms with Crippen molar-refractivity contribution in [2.75, 3.05) is 0 Å². The van der Waals surface area contributed by atoms with Crippen LogP contribution in [-0.2, 0) is 13.2 Å². The number of hydrogen-bond acceptors (Lipinski definition) is 3. The molecular formula is C17H20BrNO2. The van der Waals surface area contributed by atoms with E-state index in [2.05, 4.69) is 41.2 Å². The van der Waals surface area contributed by atoms with Crippen LogP contribution in [0.25, 0.3) is 0 Å². The molecule has 1 saturated carbocycles. The minimum absolute atomic E-state index is 0.464. The first-order valence-corrected chi connectivity index (χ1v) is 8.11. The van der Waals surface area contributed by atoms with Crippen LogP contribution in [0.2, 0.25) is 0 Å². The van der Waals surface area contributed by atoms with Crippen molar-refractivity contribution in [1.29, 1.82) is 0 Å². The Morgan fingerprint density at radius 2 is 2.05 bits per heavy atom. The van der Waals surface area contributed by atoms with E-state index in [1.165, 1.54) is 18.4 Å². The van der Waals surface area contributed by atoms with Gasteiger partial charge in [-0.25, -0.2) is 0 Å². The molecule has 1 N–H and O–H groups in total. The maximum absolute atomic E-state index is 5.87. The number of furan rings is 1. The van der Waals surface area contributed by atoms with E-state index >= 15 is 0 Å². The van der Waals surface area contributed by atoms with Gasteiger partial charge in [0.05, 0.1) is 6.54 Å². The Morgan fingerprint density at radius 3 is 2.76 bits per heavy atom. The zero-order valence-electron chi connectivity index (χ0n) is 12.4. The van der Waals surface area contributed by atoms with E-state index in [1.54, 1.807) is 0 Å². The molecule has 1 fully saturated rings. The van der Waals surface area contributed by atoms with E-state index in [9.17, 15) is 0 Å². The fourth-order valence-corrected chi connectivity index (χ4v) is 2.47. The summed E-state index contributed by atoms with van der Waals surface area (Å²) in [6.07, 6.45) is 2.58. The topological polar surface area (TPSA) is 34.4 Å². The molecule has 0 bridgehead atoms. The average Bonchev–Trinajstić information content (AvgIpc) is 3.22. The van der Waals surface area contributed by atoms with Crippen LogP contribution < -0.4 is 10.1 Å². The minimum Gasteiger partial charge on any atom is -0.486 e. The molecule has 1 aromatic heterocycles. The Balaban J connectivity index is 1.59. The molecule has 0 aliphatic heterocycles. The first kappa shape index (κ1) is 14.7. The quantitative estimate of drug-likeness (QED) is 0.834. The second-order valence-corrected chi connectivity index (χ2v) is 6.53. The lowest BCUT2D eigenvalue weighted by molar-refractivity contribution is 0.264. The maximum Gasteiger partial charge on any atom is 0.146 e. The molecule has 0 amide bonds. The Labute approximate surface area is 133 Å². The number of aryl methyl sites for hydroxylation is 2. The summed E-state index contributed by atoms with van der Waals surface area (Å²) in [5.74, 6) is 2.76. The van der Waals surface area contributed by atoms with Gasteiger partial charge in [-0.15, -0.1) is 0 Å². The first-order chi connectivity index (χ1) is 10.1. The molecule has 112 valence electrons. The van der Waals surface area contributed by atoms with Gasteiger partial charge in [0.1, 0.15) is 23.9 Å². The lowest BCUT2D eigenvalue weighted by Crippen LogP contribution is -2.15. The number of halogens is 1. The summed E-state index contributed by atoms with van der Waals surface area (Å²) in [7, 11) is 0. The predicted octanol–water partition coefficient (Wildman–Crippen LogP) is 4.49. The molecule has 4 heteroatoms. The van der Waals surface area contributed by atoms with Crippen molar-refractivity contribution in [1.82, 2.24) is 5.32 Å². The van der Waals surface area contributed by atoms with E-state index in [-0.39, 0.29) is 0 Å². The maximum atomic E-state index is 5.87. The van der Waals surface area contributed by atoms with Crippen LogP contribution in [-0.4, -0.2) is 6.04 Å². The van der Waals surface area contributed by atoms with Gasteiger partial charge in [-0.05, 0) is 62.1 Å². The lowest BCUT2D eigenvalue weighted by Gasteiger charge is -2.06. The normalized spacial score (nSPS) is 14.4. The summed E-state index contributed by atoms with van der Waals surface area (Å²) in [5.41, 5.74) is 2.35. The van der Waals surface area contributed by atoms with Gasteiger partial charge >= 0.3 is 0 Å². The van der Waals surface area contributed by atoms with Gasteiger partial charge in [-0.2, -0.15) is 0 Å². The van der Waals surface area contributed by atoms with Gasteiger partial charge in [0.2, 0.25) is 0 Å². The summed E-state index contributed by atoms with van der Waals surface area (Å²) in [5, 5.41) is 3.47. The Hall–Kier alpha value is -1.26. The molecule has 1 aliphatic carbocycles. The van der Waals surface area contributed by atoms with Crippen molar-refractivity contribution in [3.8, 4) is 5.75 Å². The molecule has 0 unspecified atom stereocenters. The second-order valence-electron chi connectivity index (χ2n) is 5.67. The molecule has 21 heavy (non-hydrogen) atoms. The van der Waals surface area contributed by atoms with Gasteiger partial charge in [-0.1, -0.05) is 15.9 Å². The highest BCUT2D eigenvalue weighted by Crippen LogP contribution is 2.24. The zero-order chi connectivity index (χ0) is 14.8.